The fourth-order valence-electron chi connectivity index (χ4n) is 4.26. The van der Waals surface area contributed by atoms with E-state index >= 15 is 0 Å². The van der Waals surface area contributed by atoms with Gasteiger partial charge in [-0.2, -0.15) is 0 Å². The molecular formula is C23H30N4O2S. The molecule has 0 fully saturated rings. The summed E-state index contributed by atoms with van der Waals surface area (Å²) in [5.41, 5.74) is 5.72. The topological polar surface area (TPSA) is 58.4 Å². The molecule has 0 saturated heterocycles. The highest BCUT2D eigenvalue weighted by Crippen LogP contribution is 2.30. The van der Waals surface area contributed by atoms with E-state index in [2.05, 4.69) is 41.5 Å². The zero-order valence-electron chi connectivity index (χ0n) is 18.2. The van der Waals surface area contributed by atoms with E-state index in [1.807, 2.05) is 6.07 Å². The number of aromatic nitrogens is 2. The molecule has 6 nitrogen and oxygen atoms in total. The maximum atomic E-state index is 12.6. The molecule has 0 saturated carbocycles. The van der Waals surface area contributed by atoms with Gasteiger partial charge in [-0.25, -0.2) is 17.7 Å². The van der Waals surface area contributed by atoms with Gasteiger partial charge in [-0.1, -0.05) is 24.6 Å². The second kappa shape index (κ2) is 8.04. The summed E-state index contributed by atoms with van der Waals surface area (Å²) in [5, 5.41) is 0. The van der Waals surface area contributed by atoms with Gasteiger partial charge in [0.25, 0.3) is 0 Å². The molecule has 0 aliphatic carbocycles. The Morgan fingerprint density at radius 1 is 1.13 bits per heavy atom. The molecule has 0 radical (unpaired) electrons. The average molecular weight is 427 g/mol. The van der Waals surface area contributed by atoms with Crippen molar-refractivity contribution < 1.29 is 8.42 Å². The van der Waals surface area contributed by atoms with Gasteiger partial charge in [0, 0.05) is 32.9 Å². The minimum Gasteiger partial charge on any atom is -0.364 e. The number of hydrogen-bond donors (Lipinski definition) is 0. The summed E-state index contributed by atoms with van der Waals surface area (Å²) in [6.07, 6.45) is 3.24. The Morgan fingerprint density at radius 3 is 2.67 bits per heavy atom. The first-order valence-electron chi connectivity index (χ1n) is 10.6. The van der Waals surface area contributed by atoms with Crippen LogP contribution in [0.2, 0.25) is 0 Å². The van der Waals surface area contributed by atoms with Crippen LogP contribution in [0.1, 0.15) is 36.7 Å². The van der Waals surface area contributed by atoms with Gasteiger partial charge in [0.1, 0.15) is 5.82 Å². The standard InChI is InChI=1S/C23H30N4O2S/c1-5-12-27-22-11-9-19(30(28,29)25(3)4)15-20(22)24-23(27)16-26-13-6-7-18-14-17(2)8-10-21(18)26/h8-11,14-15H,5-7,12-13,16H2,1-4H3. The van der Waals surface area contributed by atoms with Gasteiger partial charge in [0.15, 0.2) is 0 Å². The number of benzene rings is 2. The number of aryl methyl sites for hydroxylation is 3. The Morgan fingerprint density at radius 2 is 1.93 bits per heavy atom. The van der Waals surface area contributed by atoms with Crippen LogP contribution >= 0.6 is 0 Å². The van der Waals surface area contributed by atoms with E-state index in [4.69, 9.17) is 4.98 Å². The van der Waals surface area contributed by atoms with Gasteiger partial charge >= 0.3 is 0 Å². The van der Waals surface area contributed by atoms with Crippen LogP contribution in [0.5, 0.6) is 0 Å². The van der Waals surface area contributed by atoms with Gasteiger partial charge in [0.05, 0.1) is 22.5 Å². The molecule has 1 aromatic heterocycles. The Hall–Kier alpha value is -2.38. The van der Waals surface area contributed by atoms with Crippen molar-refractivity contribution in [3.05, 3.63) is 53.3 Å². The summed E-state index contributed by atoms with van der Waals surface area (Å²) < 4.78 is 28.6. The highest BCUT2D eigenvalue weighted by Gasteiger charge is 2.22. The molecule has 0 amide bonds. The first-order valence-corrected chi connectivity index (χ1v) is 12.0. The van der Waals surface area contributed by atoms with Crippen molar-refractivity contribution in [1.82, 2.24) is 13.9 Å². The number of anilines is 1. The van der Waals surface area contributed by atoms with E-state index in [-0.39, 0.29) is 4.90 Å². The number of rotatable bonds is 6. The molecule has 0 spiro atoms. The van der Waals surface area contributed by atoms with Gasteiger partial charge in [0.2, 0.25) is 10.0 Å². The summed E-state index contributed by atoms with van der Waals surface area (Å²) in [5.74, 6) is 0.986. The quantitative estimate of drug-likeness (QED) is 0.599. The molecule has 1 aliphatic rings. The van der Waals surface area contributed by atoms with Gasteiger partial charge < -0.3 is 9.47 Å². The smallest absolute Gasteiger partial charge is 0.242 e. The maximum absolute atomic E-state index is 12.6. The number of hydrogen-bond acceptors (Lipinski definition) is 4. The Labute approximate surface area is 179 Å². The summed E-state index contributed by atoms with van der Waals surface area (Å²) in [6.45, 7) is 6.88. The predicted octanol–water partition coefficient (Wildman–Crippen LogP) is 3.96. The van der Waals surface area contributed by atoms with Crippen molar-refractivity contribution in [2.45, 2.75) is 51.1 Å². The molecule has 4 rings (SSSR count). The summed E-state index contributed by atoms with van der Waals surface area (Å²) in [7, 11) is -0.378. The van der Waals surface area contributed by atoms with Gasteiger partial charge in [-0.3, -0.25) is 0 Å². The minimum atomic E-state index is -3.48. The van der Waals surface area contributed by atoms with Crippen molar-refractivity contribution in [1.29, 1.82) is 0 Å². The molecule has 160 valence electrons. The lowest BCUT2D eigenvalue weighted by molar-refractivity contribution is 0.521. The molecule has 0 bridgehead atoms. The Kier molecular flexibility index (Phi) is 5.59. The first-order chi connectivity index (χ1) is 14.3. The summed E-state index contributed by atoms with van der Waals surface area (Å²) >= 11 is 0. The number of imidazole rings is 1. The van der Waals surface area contributed by atoms with Gasteiger partial charge in [-0.15, -0.1) is 0 Å². The number of fused-ring (bicyclic) bond motifs is 2. The molecule has 2 aromatic carbocycles. The largest absolute Gasteiger partial charge is 0.364 e. The van der Waals surface area contributed by atoms with E-state index in [0.717, 1.165) is 55.8 Å². The highest BCUT2D eigenvalue weighted by molar-refractivity contribution is 7.89. The third-order valence-electron chi connectivity index (χ3n) is 5.81. The number of nitrogens with zero attached hydrogens (tertiary/aromatic N) is 4. The molecule has 2 heterocycles. The van der Waals surface area contributed by atoms with E-state index < -0.39 is 10.0 Å². The number of sulfonamides is 1. The average Bonchev–Trinajstić information content (AvgIpc) is 3.04. The molecule has 30 heavy (non-hydrogen) atoms. The van der Waals surface area contributed by atoms with Crippen molar-refractivity contribution in [2.75, 3.05) is 25.5 Å². The van der Waals surface area contributed by atoms with Crippen molar-refractivity contribution in [3.8, 4) is 0 Å². The summed E-state index contributed by atoms with van der Waals surface area (Å²) in [6, 6.07) is 12.0. The van der Waals surface area contributed by atoms with Crippen LogP contribution < -0.4 is 4.90 Å². The van der Waals surface area contributed by atoms with Crippen LogP contribution in [0.25, 0.3) is 11.0 Å². The van der Waals surface area contributed by atoms with Crippen LogP contribution in [0.3, 0.4) is 0 Å². The van der Waals surface area contributed by atoms with E-state index in [9.17, 15) is 8.42 Å². The second-order valence-electron chi connectivity index (χ2n) is 8.27. The lowest BCUT2D eigenvalue weighted by atomic mass is 9.99. The van der Waals surface area contributed by atoms with Crippen molar-refractivity contribution in [2.24, 2.45) is 0 Å². The third-order valence-corrected chi connectivity index (χ3v) is 7.62. The second-order valence-corrected chi connectivity index (χ2v) is 10.4. The Balaban J connectivity index is 1.75. The normalized spacial score (nSPS) is 14.5. The zero-order valence-corrected chi connectivity index (χ0v) is 19.0. The third kappa shape index (κ3) is 3.72. The van der Waals surface area contributed by atoms with Crippen LogP contribution in [-0.2, 0) is 29.5 Å². The summed E-state index contributed by atoms with van der Waals surface area (Å²) in [4.78, 5) is 7.58. The molecule has 3 aromatic rings. The molecule has 0 unspecified atom stereocenters. The Bertz CT molecular complexity index is 1180. The van der Waals surface area contributed by atoms with Crippen LogP contribution in [0.4, 0.5) is 5.69 Å². The molecule has 0 atom stereocenters. The monoisotopic (exact) mass is 426 g/mol. The highest BCUT2D eigenvalue weighted by atomic mass is 32.2. The fourth-order valence-corrected chi connectivity index (χ4v) is 5.19. The molecule has 7 heteroatoms. The van der Waals surface area contributed by atoms with Crippen LogP contribution in [0, 0.1) is 6.92 Å². The van der Waals surface area contributed by atoms with E-state index in [1.54, 1.807) is 26.2 Å². The lowest BCUT2D eigenvalue weighted by Crippen LogP contribution is -2.30. The predicted molar refractivity (Wildman–Crippen MR) is 121 cm³/mol. The van der Waals surface area contributed by atoms with Crippen molar-refractivity contribution >= 4 is 26.7 Å². The van der Waals surface area contributed by atoms with Crippen molar-refractivity contribution in [3.63, 3.8) is 0 Å². The van der Waals surface area contributed by atoms with E-state index in [1.165, 1.54) is 21.1 Å². The molecule has 0 N–H and O–H groups in total. The van der Waals surface area contributed by atoms with Crippen LogP contribution in [-0.4, -0.2) is 42.9 Å². The zero-order chi connectivity index (χ0) is 21.5. The van der Waals surface area contributed by atoms with Crippen LogP contribution in [0.15, 0.2) is 41.3 Å². The molecular weight excluding hydrogens is 396 g/mol. The lowest BCUT2D eigenvalue weighted by Gasteiger charge is -2.31. The maximum Gasteiger partial charge on any atom is 0.242 e. The molecule has 1 aliphatic heterocycles. The minimum absolute atomic E-state index is 0.284. The SMILES string of the molecule is CCCn1c(CN2CCCc3cc(C)ccc32)nc2cc(S(=O)(=O)N(C)C)ccc21. The fraction of sp³-hybridized carbons (Fsp3) is 0.435. The first kappa shape index (κ1) is 20.9. The van der Waals surface area contributed by atoms with E-state index in [0.29, 0.717) is 0 Å². The van der Waals surface area contributed by atoms with Gasteiger partial charge in [-0.05, 0) is 56.0 Å².